The maximum absolute atomic E-state index is 6.06. The first kappa shape index (κ1) is 21.1. The Morgan fingerprint density at radius 1 is 1.42 bits per heavy atom. The highest BCUT2D eigenvalue weighted by Crippen LogP contribution is 2.28. The fourth-order valence-electron chi connectivity index (χ4n) is 3.44. The molecule has 1 aliphatic carbocycles. The second kappa shape index (κ2) is 9.64. The van der Waals surface area contributed by atoms with Gasteiger partial charge in [-0.25, -0.2) is 0 Å². The molecule has 0 aliphatic heterocycles. The zero-order chi connectivity index (χ0) is 17.8. The Hall–Kier alpha value is -1.22. The molecule has 26 heavy (non-hydrogen) atoms. The summed E-state index contributed by atoms with van der Waals surface area (Å²) in [6.45, 7) is 1.41. The Morgan fingerprint density at radius 3 is 2.77 bits per heavy atom. The van der Waals surface area contributed by atoms with Crippen LogP contribution in [0.4, 0.5) is 0 Å². The number of aliphatic imine (C=N–C) groups is 1. The van der Waals surface area contributed by atoms with Crippen molar-refractivity contribution >= 4 is 41.5 Å². The summed E-state index contributed by atoms with van der Waals surface area (Å²) >= 11 is 6.06. The van der Waals surface area contributed by atoms with E-state index in [4.69, 9.17) is 16.7 Å². The Kier molecular flexibility index (Phi) is 7.82. The maximum Gasteiger partial charge on any atom is 0.194 e. The predicted octanol–water partition coefficient (Wildman–Crippen LogP) is 3.82. The summed E-state index contributed by atoms with van der Waals surface area (Å²) in [5.74, 6) is 0.840. The number of nitrogens with one attached hydrogen (secondary N) is 1. The molecule has 1 saturated carbocycles. The lowest BCUT2D eigenvalue weighted by Gasteiger charge is -2.22. The third-order valence-corrected chi connectivity index (χ3v) is 5.04. The van der Waals surface area contributed by atoms with Gasteiger partial charge in [0.05, 0.1) is 29.8 Å². The molecule has 3 rings (SSSR count). The van der Waals surface area contributed by atoms with Crippen molar-refractivity contribution in [1.82, 2.24) is 24.6 Å². The number of guanidine groups is 1. The van der Waals surface area contributed by atoms with Gasteiger partial charge in [0.15, 0.2) is 5.96 Å². The third-order valence-electron chi connectivity index (χ3n) is 4.84. The molecule has 1 N–H and O–H groups in total. The highest BCUT2D eigenvalue weighted by Gasteiger charge is 2.17. The predicted molar refractivity (Wildman–Crippen MR) is 117 cm³/mol. The molecule has 0 saturated heterocycles. The average Bonchev–Trinajstić information content (AvgIpc) is 3.30. The molecule has 8 heteroatoms. The summed E-state index contributed by atoms with van der Waals surface area (Å²) in [6, 6.07) is 4.65. The summed E-state index contributed by atoms with van der Waals surface area (Å²) in [6.07, 6.45) is 9.15. The number of rotatable bonds is 5. The van der Waals surface area contributed by atoms with Gasteiger partial charge >= 0.3 is 0 Å². The van der Waals surface area contributed by atoms with Crippen LogP contribution in [0.25, 0.3) is 0 Å². The van der Waals surface area contributed by atoms with Crippen molar-refractivity contribution in [2.45, 2.75) is 44.8 Å². The van der Waals surface area contributed by atoms with Crippen molar-refractivity contribution in [1.29, 1.82) is 0 Å². The second-order valence-electron chi connectivity index (χ2n) is 6.74. The fraction of sp³-hybridized carbons (Fsp3) is 0.556. The minimum Gasteiger partial charge on any atom is -0.351 e. The molecule has 0 aromatic carbocycles. The number of aromatic nitrogens is 3. The fourth-order valence-corrected chi connectivity index (χ4v) is 3.71. The first-order valence-electron chi connectivity index (χ1n) is 8.83. The largest absolute Gasteiger partial charge is 0.351 e. The van der Waals surface area contributed by atoms with Gasteiger partial charge in [0.2, 0.25) is 0 Å². The summed E-state index contributed by atoms with van der Waals surface area (Å²) in [7, 11) is 5.82. The van der Waals surface area contributed by atoms with E-state index in [0.717, 1.165) is 28.9 Å². The zero-order valence-electron chi connectivity index (χ0n) is 15.7. The van der Waals surface area contributed by atoms with E-state index in [0.29, 0.717) is 12.6 Å². The van der Waals surface area contributed by atoms with Gasteiger partial charge in [-0.2, -0.15) is 5.10 Å². The number of halogens is 2. The van der Waals surface area contributed by atoms with Crippen molar-refractivity contribution in [3.63, 3.8) is 0 Å². The van der Waals surface area contributed by atoms with E-state index in [2.05, 4.69) is 32.2 Å². The van der Waals surface area contributed by atoms with Crippen molar-refractivity contribution in [3.05, 3.63) is 40.9 Å². The quantitative estimate of drug-likeness (QED) is 0.394. The Bertz CT molecular complexity index is 732. The molecule has 6 nitrogen and oxygen atoms in total. The van der Waals surface area contributed by atoms with Crippen LogP contribution in [0, 0.1) is 0 Å². The second-order valence-corrected chi connectivity index (χ2v) is 7.18. The Morgan fingerprint density at radius 2 is 2.15 bits per heavy atom. The van der Waals surface area contributed by atoms with Crippen LogP contribution in [0.15, 0.2) is 29.5 Å². The van der Waals surface area contributed by atoms with Gasteiger partial charge in [-0.05, 0) is 25.0 Å². The maximum atomic E-state index is 6.06. The van der Waals surface area contributed by atoms with Crippen LogP contribution in [-0.2, 0) is 20.1 Å². The summed E-state index contributed by atoms with van der Waals surface area (Å²) < 4.78 is 4.16. The van der Waals surface area contributed by atoms with Crippen LogP contribution >= 0.6 is 35.6 Å². The van der Waals surface area contributed by atoms with E-state index in [1.165, 1.54) is 25.7 Å². The minimum absolute atomic E-state index is 0. The van der Waals surface area contributed by atoms with E-state index in [1.807, 2.05) is 30.9 Å². The molecular weight excluding hydrogens is 463 g/mol. The van der Waals surface area contributed by atoms with Gasteiger partial charge < -0.3 is 14.8 Å². The lowest BCUT2D eigenvalue weighted by atomic mass is 10.3. The molecule has 2 aromatic heterocycles. The lowest BCUT2D eigenvalue weighted by molar-refractivity contribution is 0.453. The highest BCUT2D eigenvalue weighted by molar-refractivity contribution is 14.0. The van der Waals surface area contributed by atoms with E-state index in [1.54, 1.807) is 7.05 Å². The van der Waals surface area contributed by atoms with Gasteiger partial charge in [0.25, 0.3) is 0 Å². The van der Waals surface area contributed by atoms with E-state index in [9.17, 15) is 0 Å². The molecule has 0 amide bonds. The van der Waals surface area contributed by atoms with Gasteiger partial charge in [-0.15, -0.1) is 24.0 Å². The standard InChI is InChI=1S/C18H27ClN6.HI/c1-20-18(24(3)13-17-10-14(19)12-23(17)2)21-11-15-8-9-25(22-15)16-6-4-5-7-16;/h8-10,12,16H,4-7,11,13H2,1-3H3,(H,20,21);1H. The molecule has 0 unspecified atom stereocenters. The van der Waals surface area contributed by atoms with Gasteiger partial charge in [0, 0.05) is 39.2 Å². The van der Waals surface area contributed by atoms with Crippen molar-refractivity contribution in [2.75, 3.05) is 14.1 Å². The third kappa shape index (κ3) is 5.16. The molecule has 144 valence electrons. The number of aryl methyl sites for hydroxylation is 1. The zero-order valence-corrected chi connectivity index (χ0v) is 18.7. The molecule has 1 fully saturated rings. The van der Waals surface area contributed by atoms with Gasteiger partial charge in [0.1, 0.15) is 0 Å². The van der Waals surface area contributed by atoms with Crippen molar-refractivity contribution < 1.29 is 0 Å². The molecule has 2 aromatic rings. The van der Waals surface area contributed by atoms with Crippen molar-refractivity contribution in [3.8, 4) is 0 Å². The number of hydrogen-bond acceptors (Lipinski definition) is 2. The van der Waals surface area contributed by atoms with Crippen LogP contribution < -0.4 is 5.32 Å². The first-order valence-corrected chi connectivity index (χ1v) is 9.21. The van der Waals surface area contributed by atoms with Crippen LogP contribution in [0.1, 0.15) is 43.1 Å². The summed E-state index contributed by atoms with van der Waals surface area (Å²) in [5, 5.41) is 8.87. The van der Waals surface area contributed by atoms with Crippen LogP contribution in [0.5, 0.6) is 0 Å². The van der Waals surface area contributed by atoms with Crippen LogP contribution in [0.3, 0.4) is 0 Å². The smallest absolute Gasteiger partial charge is 0.194 e. The minimum atomic E-state index is 0. The number of nitrogens with zero attached hydrogens (tertiary/aromatic N) is 5. The normalized spacial score (nSPS) is 15.2. The average molecular weight is 491 g/mol. The molecule has 0 atom stereocenters. The molecule has 2 heterocycles. The molecule has 0 bridgehead atoms. The lowest BCUT2D eigenvalue weighted by Crippen LogP contribution is -2.38. The number of hydrogen-bond donors (Lipinski definition) is 1. The summed E-state index contributed by atoms with van der Waals surface area (Å²) in [4.78, 5) is 6.46. The topological polar surface area (TPSA) is 50.4 Å². The summed E-state index contributed by atoms with van der Waals surface area (Å²) in [5.41, 5.74) is 2.18. The van der Waals surface area contributed by atoms with E-state index >= 15 is 0 Å². The monoisotopic (exact) mass is 490 g/mol. The SMILES string of the molecule is CN=C(NCc1ccn(C2CCCC2)n1)N(C)Cc1cc(Cl)cn1C.I. The molecule has 1 aliphatic rings. The molecule has 0 radical (unpaired) electrons. The Balaban J connectivity index is 0.00000243. The van der Waals surface area contributed by atoms with Crippen molar-refractivity contribution in [2.24, 2.45) is 12.0 Å². The van der Waals surface area contributed by atoms with E-state index in [-0.39, 0.29) is 24.0 Å². The van der Waals surface area contributed by atoms with E-state index < -0.39 is 0 Å². The first-order chi connectivity index (χ1) is 12.1. The highest BCUT2D eigenvalue weighted by atomic mass is 127. The molecular formula is C18H28ClIN6. The van der Waals surface area contributed by atoms with Gasteiger partial charge in [-0.1, -0.05) is 24.4 Å². The van der Waals surface area contributed by atoms with Crippen LogP contribution in [-0.4, -0.2) is 39.3 Å². The van der Waals surface area contributed by atoms with Crippen LogP contribution in [0.2, 0.25) is 5.02 Å². The Labute approximate surface area is 177 Å². The van der Waals surface area contributed by atoms with Gasteiger partial charge in [-0.3, -0.25) is 9.67 Å². The molecule has 0 spiro atoms.